The second-order valence-corrected chi connectivity index (χ2v) is 22.6. The van der Waals surface area contributed by atoms with Crippen LogP contribution in [0.25, 0.3) is 0 Å². The summed E-state index contributed by atoms with van der Waals surface area (Å²) in [5.74, 6) is -2.94. The van der Waals surface area contributed by atoms with Crippen molar-refractivity contribution in [2.75, 3.05) is 26.2 Å². The molecule has 0 aromatic rings. The molecule has 0 aliphatic carbocycles. The zero-order chi connectivity index (χ0) is 43.7. The monoisotopic (exact) mass is 866 g/mol. The van der Waals surface area contributed by atoms with Crippen molar-refractivity contribution in [3.05, 3.63) is 0 Å². The molecule has 0 radical (unpaired) electrons. The number of hydrogen-bond acceptors (Lipinski definition) is 16. The summed E-state index contributed by atoms with van der Waals surface area (Å²) in [5.41, 5.74) is 0. The number of carbonyl (C=O) groups is 6. The van der Waals surface area contributed by atoms with E-state index in [2.05, 4.69) is 20.3 Å². The number of carbonyl (C=O) groups excluding carboxylic acids is 6. The molecule has 0 saturated carbocycles. The number of nitrogens with zero attached hydrogens (tertiary/aromatic N) is 2. The van der Waals surface area contributed by atoms with E-state index in [9.17, 15) is 28.8 Å². The van der Waals surface area contributed by atoms with Crippen LogP contribution in [0, 0.1) is 23.7 Å². The van der Waals surface area contributed by atoms with Gasteiger partial charge in [0.1, 0.15) is 0 Å². The van der Waals surface area contributed by atoms with Crippen molar-refractivity contribution in [2.24, 2.45) is 23.7 Å². The second-order valence-electron chi connectivity index (χ2n) is 16.9. The van der Waals surface area contributed by atoms with Crippen molar-refractivity contribution >= 4 is 51.2 Å². The fourth-order valence-corrected chi connectivity index (χ4v) is 13.7. The molecule has 0 unspecified atom stereocenters. The minimum atomic E-state index is -4.69. The zero-order valence-corrected chi connectivity index (χ0v) is 38.6. The fourth-order valence-electron chi connectivity index (χ4n) is 6.62. The number of nitrogens with one attached hydrogen (secondary N) is 4. The summed E-state index contributed by atoms with van der Waals surface area (Å²) < 4.78 is 34.1. The summed E-state index contributed by atoms with van der Waals surface area (Å²) in [6.07, 6.45) is 5.65. The van der Waals surface area contributed by atoms with Gasteiger partial charge in [-0.25, -0.2) is 0 Å². The van der Waals surface area contributed by atoms with Crippen LogP contribution in [0.2, 0.25) is 0 Å². The van der Waals surface area contributed by atoms with Crippen LogP contribution in [-0.4, -0.2) is 96.2 Å². The molecular formula is C38H72N6O12P2. The molecule has 20 heteroatoms. The zero-order valence-electron chi connectivity index (χ0n) is 36.8. The molecule has 4 rings (SSSR count). The first-order valence-corrected chi connectivity index (χ1v) is 25.2. The van der Waals surface area contributed by atoms with Crippen LogP contribution in [0.1, 0.15) is 134 Å². The Balaban J connectivity index is 0.000000310. The molecule has 2 spiro atoms. The minimum absolute atomic E-state index is 0.141. The average Bonchev–Trinajstić information content (AvgIpc) is 3.81. The summed E-state index contributed by atoms with van der Waals surface area (Å²) in [7, 11) is -9.38. The predicted octanol–water partition coefficient (Wildman–Crippen LogP) is 6.99. The number of hydrogen-bond donors (Lipinski definition) is 4. The summed E-state index contributed by atoms with van der Waals surface area (Å²) >= 11 is 0. The molecule has 18 nitrogen and oxygen atoms in total. The van der Waals surface area contributed by atoms with Crippen molar-refractivity contribution in [3.8, 4) is 0 Å². The van der Waals surface area contributed by atoms with Gasteiger partial charge < -0.3 is 0 Å². The van der Waals surface area contributed by atoms with Crippen LogP contribution < -0.4 is 20.3 Å². The molecule has 58 heavy (non-hydrogen) atoms. The topological polar surface area (TPSA) is 212 Å². The van der Waals surface area contributed by atoms with Crippen LogP contribution in [0.4, 0.5) is 9.59 Å². The maximum atomic E-state index is 13.1. The number of amides is 2. The Morgan fingerprint density at radius 2 is 0.690 bits per heavy atom. The Kier molecular flexibility index (Phi) is 17.2. The third kappa shape index (κ3) is 11.3. The Morgan fingerprint density at radius 3 is 0.845 bits per heavy atom. The molecule has 4 aliphatic heterocycles. The van der Waals surface area contributed by atoms with E-state index in [0.29, 0.717) is 26.2 Å². The fraction of sp³-hybridized carbons (Fsp3) is 0.842. The van der Waals surface area contributed by atoms with Gasteiger partial charge in [-0.05, 0) is 0 Å². The van der Waals surface area contributed by atoms with Crippen LogP contribution in [0.3, 0.4) is 0 Å². The molecule has 0 aromatic carbocycles. The standard InChI is InChI=1S/2C19H36N3O6P/c2*1-7-9-11-22(12-10-8-2)19(25)28-29(20-15(13(3)4)17(23)26-29)21-16(14(5)6)18(24)27-29/h2*13-16,20-21H,7-12H2,1-6H3/t2*15-,16-/m00/s1. The van der Waals surface area contributed by atoms with Gasteiger partial charge in [0.15, 0.2) is 0 Å². The number of rotatable bonds is 18. The molecule has 4 fully saturated rings. The van der Waals surface area contributed by atoms with E-state index in [1.165, 1.54) is 0 Å². The summed E-state index contributed by atoms with van der Waals surface area (Å²) in [4.78, 5) is 79.7. The van der Waals surface area contributed by atoms with Gasteiger partial charge in [0.05, 0.1) is 0 Å². The van der Waals surface area contributed by atoms with Crippen molar-refractivity contribution in [3.63, 3.8) is 0 Å². The van der Waals surface area contributed by atoms with E-state index >= 15 is 0 Å². The molecule has 4 atom stereocenters. The van der Waals surface area contributed by atoms with Gasteiger partial charge in [-0.2, -0.15) is 0 Å². The van der Waals surface area contributed by atoms with E-state index < -0.39 is 75.4 Å². The molecule has 4 saturated heterocycles. The third-order valence-corrected chi connectivity index (χ3v) is 16.2. The number of unbranched alkanes of at least 4 members (excludes halogenated alkanes) is 4. The van der Waals surface area contributed by atoms with E-state index in [4.69, 9.17) is 27.1 Å². The van der Waals surface area contributed by atoms with E-state index in [0.717, 1.165) is 51.4 Å². The van der Waals surface area contributed by atoms with Gasteiger partial charge in [0.25, 0.3) is 0 Å². The first-order valence-electron chi connectivity index (χ1n) is 21.2. The molecule has 4 N–H and O–H groups in total. The quantitative estimate of drug-likeness (QED) is 0.102. The molecule has 4 heterocycles. The third-order valence-electron chi connectivity index (χ3n) is 10.3. The van der Waals surface area contributed by atoms with Crippen molar-refractivity contribution in [2.45, 2.75) is 159 Å². The van der Waals surface area contributed by atoms with E-state index in [1.807, 2.05) is 83.1 Å². The van der Waals surface area contributed by atoms with Crippen LogP contribution >= 0.6 is 15.2 Å². The molecule has 336 valence electrons. The molecule has 2 amide bonds. The summed E-state index contributed by atoms with van der Waals surface area (Å²) in [6.45, 7) is 25.0. The van der Waals surface area contributed by atoms with E-state index in [-0.39, 0.29) is 23.7 Å². The first-order chi connectivity index (χ1) is 27.1. The Bertz CT molecular complexity index is 1300. The van der Waals surface area contributed by atoms with Gasteiger partial charge in [-0.15, -0.1) is 0 Å². The van der Waals surface area contributed by atoms with Gasteiger partial charge in [-0.1, -0.05) is 0 Å². The molecule has 0 aromatic heterocycles. The van der Waals surface area contributed by atoms with Crippen LogP contribution in [0.5, 0.6) is 0 Å². The van der Waals surface area contributed by atoms with Gasteiger partial charge in [0, 0.05) is 0 Å². The SMILES string of the molecule is CCCCN(CCCC)C(=O)OP12(N[C@@H](C(C)C)C(=O)O1)N[C@@H](C(C)C)C(=O)O2.CCCCN(CCCC)C(=O)OP12(N[C@@H](C(C)C)C(=O)O1)N[C@@H](C(C)C)C(=O)O2. The van der Waals surface area contributed by atoms with Gasteiger partial charge in [0.2, 0.25) is 0 Å². The molecule has 4 aliphatic rings. The Hall–Kier alpha value is -2.88. The van der Waals surface area contributed by atoms with Gasteiger partial charge in [-0.3, -0.25) is 0 Å². The molecule has 0 bridgehead atoms. The van der Waals surface area contributed by atoms with Crippen LogP contribution in [-0.2, 0) is 46.3 Å². The van der Waals surface area contributed by atoms with Gasteiger partial charge >= 0.3 is 346 Å². The predicted molar refractivity (Wildman–Crippen MR) is 221 cm³/mol. The normalized spacial score (nSPS) is 26.3. The Morgan fingerprint density at radius 1 is 0.483 bits per heavy atom. The van der Waals surface area contributed by atoms with Crippen molar-refractivity contribution < 1.29 is 55.9 Å². The second kappa shape index (κ2) is 20.1. The maximum absolute atomic E-state index is 13.1. The van der Waals surface area contributed by atoms with Crippen LogP contribution in [0.15, 0.2) is 0 Å². The first kappa shape index (κ1) is 49.5. The Labute approximate surface area is 345 Å². The van der Waals surface area contributed by atoms with Crippen molar-refractivity contribution in [1.29, 1.82) is 0 Å². The summed E-state index contributed by atoms with van der Waals surface area (Å²) in [5, 5.41) is 11.9. The van der Waals surface area contributed by atoms with Crippen molar-refractivity contribution in [1.82, 2.24) is 30.1 Å². The molecular weight excluding hydrogens is 794 g/mol. The van der Waals surface area contributed by atoms with E-state index in [1.54, 1.807) is 9.80 Å². The average molecular weight is 867 g/mol. The summed E-state index contributed by atoms with van der Waals surface area (Å²) in [6, 6.07) is -2.98.